The number of fused-ring (bicyclic) bond motifs is 1. The molecule has 1 aliphatic heterocycles. The summed E-state index contributed by atoms with van der Waals surface area (Å²) in [5.41, 5.74) is 4.18. The summed E-state index contributed by atoms with van der Waals surface area (Å²) in [5, 5.41) is 12.1. The summed E-state index contributed by atoms with van der Waals surface area (Å²) in [7, 11) is 0. The first kappa shape index (κ1) is 10.4. The van der Waals surface area contributed by atoms with Gasteiger partial charge < -0.3 is 10.4 Å². The highest BCUT2D eigenvalue weighted by molar-refractivity contribution is 5.56. The zero-order chi connectivity index (χ0) is 10.5. The van der Waals surface area contributed by atoms with Gasteiger partial charge in [-0.15, -0.1) is 0 Å². The van der Waals surface area contributed by atoms with Crippen LogP contribution in [0.4, 0.5) is 0 Å². The number of aliphatic hydroxyl groups is 1. The largest absolute Gasteiger partial charge is 0.396 e. The van der Waals surface area contributed by atoms with E-state index in [9.17, 15) is 0 Å². The van der Waals surface area contributed by atoms with Gasteiger partial charge in [0.1, 0.15) is 0 Å². The van der Waals surface area contributed by atoms with Crippen LogP contribution in [-0.2, 0) is 13.0 Å². The highest BCUT2D eigenvalue weighted by Crippen LogP contribution is 2.19. The van der Waals surface area contributed by atoms with Crippen molar-refractivity contribution in [2.24, 2.45) is 0 Å². The molecule has 0 aliphatic carbocycles. The summed E-state index contributed by atoms with van der Waals surface area (Å²) < 4.78 is 0. The minimum Gasteiger partial charge on any atom is -0.396 e. The Balaban J connectivity index is 2.23. The van der Waals surface area contributed by atoms with Gasteiger partial charge in [0, 0.05) is 13.2 Å². The van der Waals surface area contributed by atoms with E-state index in [4.69, 9.17) is 5.11 Å². The molecule has 1 aromatic rings. The minimum absolute atomic E-state index is 0.229. The molecule has 2 nitrogen and oxygen atoms in total. The molecule has 0 saturated carbocycles. The lowest BCUT2D eigenvalue weighted by Crippen LogP contribution is -2.24. The Morgan fingerprint density at radius 2 is 2.33 bits per heavy atom. The first-order valence-electron chi connectivity index (χ1n) is 5.50. The van der Waals surface area contributed by atoms with Gasteiger partial charge in [0.25, 0.3) is 0 Å². The molecule has 2 N–H and O–H groups in total. The van der Waals surface area contributed by atoms with E-state index in [1.807, 2.05) is 6.08 Å². The summed E-state index contributed by atoms with van der Waals surface area (Å²) in [6, 6.07) is 6.44. The molecule has 2 heteroatoms. The van der Waals surface area contributed by atoms with Crippen molar-refractivity contribution in [1.29, 1.82) is 0 Å². The smallest absolute Gasteiger partial charge is 0.0465 e. The van der Waals surface area contributed by atoms with Crippen LogP contribution < -0.4 is 5.32 Å². The van der Waals surface area contributed by atoms with Gasteiger partial charge in [0.05, 0.1) is 0 Å². The average molecular weight is 203 g/mol. The monoisotopic (exact) mass is 203 g/mol. The van der Waals surface area contributed by atoms with Crippen LogP contribution in [0.15, 0.2) is 24.3 Å². The van der Waals surface area contributed by atoms with Crippen LogP contribution >= 0.6 is 0 Å². The molecule has 15 heavy (non-hydrogen) atoms. The molecule has 0 spiro atoms. The molecular formula is C13H17NO. The number of hydrogen-bond acceptors (Lipinski definition) is 2. The minimum atomic E-state index is 0.229. The summed E-state index contributed by atoms with van der Waals surface area (Å²) in [4.78, 5) is 0. The van der Waals surface area contributed by atoms with Gasteiger partial charge in [0.2, 0.25) is 0 Å². The molecule has 80 valence electrons. The van der Waals surface area contributed by atoms with Gasteiger partial charge in [-0.3, -0.25) is 0 Å². The van der Waals surface area contributed by atoms with E-state index < -0.39 is 0 Å². The lowest BCUT2D eigenvalue weighted by molar-refractivity contribution is 0.303. The Labute approximate surface area is 90.6 Å². The zero-order valence-electron chi connectivity index (χ0n) is 8.87. The van der Waals surface area contributed by atoms with Crippen molar-refractivity contribution in [2.45, 2.75) is 19.4 Å². The first-order chi connectivity index (χ1) is 7.42. The molecule has 1 heterocycles. The van der Waals surface area contributed by atoms with Crippen molar-refractivity contribution in [2.75, 3.05) is 13.2 Å². The van der Waals surface area contributed by atoms with Crippen molar-refractivity contribution in [3.8, 4) is 0 Å². The average Bonchev–Trinajstić information content (AvgIpc) is 2.30. The van der Waals surface area contributed by atoms with E-state index in [2.05, 4.69) is 29.6 Å². The van der Waals surface area contributed by atoms with Crippen molar-refractivity contribution >= 4 is 6.08 Å². The molecular weight excluding hydrogens is 186 g/mol. The topological polar surface area (TPSA) is 32.3 Å². The third kappa shape index (κ3) is 2.46. The molecule has 1 aromatic carbocycles. The molecule has 0 fully saturated rings. The summed E-state index contributed by atoms with van der Waals surface area (Å²) in [6.07, 6.45) is 6.01. The molecule has 2 rings (SSSR count). The van der Waals surface area contributed by atoms with Crippen LogP contribution in [0, 0.1) is 0 Å². The van der Waals surface area contributed by atoms with Gasteiger partial charge in [-0.05, 0) is 36.1 Å². The molecule has 1 aliphatic rings. The fourth-order valence-electron chi connectivity index (χ4n) is 2.00. The van der Waals surface area contributed by atoms with Crippen LogP contribution in [0.1, 0.15) is 23.1 Å². The summed E-state index contributed by atoms with van der Waals surface area (Å²) in [6.45, 7) is 2.28. The van der Waals surface area contributed by atoms with Gasteiger partial charge >= 0.3 is 0 Å². The van der Waals surface area contributed by atoms with Crippen molar-refractivity contribution in [3.63, 3.8) is 0 Å². The highest BCUT2D eigenvalue weighted by atomic mass is 16.2. The number of hydrogen-bond donors (Lipinski definition) is 2. The molecule has 0 unspecified atom stereocenters. The Bertz CT molecular complexity index is 358. The van der Waals surface area contributed by atoms with E-state index in [1.165, 1.54) is 16.7 Å². The predicted molar refractivity (Wildman–Crippen MR) is 62.6 cm³/mol. The SMILES string of the molecule is OCCC=Cc1cccc2c1CCNC2. The quantitative estimate of drug-likeness (QED) is 0.784. The van der Waals surface area contributed by atoms with Crippen molar-refractivity contribution in [3.05, 3.63) is 41.0 Å². The molecule has 0 atom stereocenters. The highest BCUT2D eigenvalue weighted by Gasteiger charge is 2.10. The second kappa shape index (κ2) is 5.10. The molecule has 0 saturated heterocycles. The standard InChI is InChI=1S/C13H17NO/c15-9-2-1-4-11-5-3-6-12-10-14-8-7-13(11)12/h1,3-6,14-15H,2,7-10H2. The van der Waals surface area contributed by atoms with E-state index in [1.54, 1.807) is 0 Å². The van der Waals surface area contributed by atoms with Gasteiger partial charge in [-0.1, -0.05) is 30.4 Å². The fraction of sp³-hybridized carbons (Fsp3) is 0.385. The Hall–Kier alpha value is -1.12. The van der Waals surface area contributed by atoms with Gasteiger partial charge in [0.15, 0.2) is 0 Å². The lowest BCUT2D eigenvalue weighted by Gasteiger charge is -2.18. The van der Waals surface area contributed by atoms with E-state index in [0.29, 0.717) is 0 Å². The molecule has 0 radical (unpaired) electrons. The van der Waals surface area contributed by atoms with E-state index in [0.717, 1.165) is 25.9 Å². The molecule has 0 amide bonds. The second-order valence-electron chi connectivity index (χ2n) is 3.83. The van der Waals surface area contributed by atoms with E-state index >= 15 is 0 Å². The maximum atomic E-state index is 8.72. The Morgan fingerprint density at radius 3 is 3.20 bits per heavy atom. The fourth-order valence-corrected chi connectivity index (χ4v) is 2.00. The lowest BCUT2D eigenvalue weighted by atomic mass is 9.95. The number of nitrogens with one attached hydrogen (secondary N) is 1. The van der Waals surface area contributed by atoms with Gasteiger partial charge in [-0.25, -0.2) is 0 Å². The van der Waals surface area contributed by atoms with Crippen LogP contribution in [0.3, 0.4) is 0 Å². The normalized spacial score (nSPS) is 15.5. The summed E-state index contributed by atoms with van der Waals surface area (Å²) in [5.74, 6) is 0. The van der Waals surface area contributed by atoms with Crippen LogP contribution in [0.5, 0.6) is 0 Å². The number of rotatable bonds is 3. The van der Waals surface area contributed by atoms with Crippen molar-refractivity contribution < 1.29 is 5.11 Å². The maximum Gasteiger partial charge on any atom is 0.0465 e. The Morgan fingerprint density at radius 1 is 1.40 bits per heavy atom. The molecule has 0 aromatic heterocycles. The third-order valence-corrected chi connectivity index (χ3v) is 2.77. The van der Waals surface area contributed by atoms with E-state index in [-0.39, 0.29) is 6.61 Å². The van der Waals surface area contributed by atoms with Gasteiger partial charge in [-0.2, -0.15) is 0 Å². The number of aliphatic hydroxyl groups excluding tert-OH is 1. The predicted octanol–water partition coefficient (Wildman–Crippen LogP) is 1.73. The Kier molecular flexibility index (Phi) is 3.54. The van der Waals surface area contributed by atoms with Crippen LogP contribution in [-0.4, -0.2) is 18.3 Å². The second-order valence-corrected chi connectivity index (χ2v) is 3.83. The zero-order valence-corrected chi connectivity index (χ0v) is 8.87. The van der Waals surface area contributed by atoms with Crippen LogP contribution in [0.25, 0.3) is 6.08 Å². The van der Waals surface area contributed by atoms with Crippen LogP contribution in [0.2, 0.25) is 0 Å². The number of benzene rings is 1. The molecule has 0 bridgehead atoms. The third-order valence-electron chi connectivity index (χ3n) is 2.77. The van der Waals surface area contributed by atoms with Crippen molar-refractivity contribution in [1.82, 2.24) is 5.32 Å². The first-order valence-corrected chi connectivity index (χ1v) is 5.50. The summed E-state index contributed by atoms with van der Waals surface area (Å²) >= 11 is 0. The maximum absolute atomic E-state index is 8.72.